The second-order valence-electron chi connectivity index (χ2n) is 6.37. The number of benzene rings is 1. The topological polar surface area (TPSA) is 90.3 Å². The molecule has 25 heavy (non-hydrogen) atoms. The minimum atomic E-state index is -0.473. The van der Waals surface area contributed by atoms with E-state index in [2.05, 4.69) is 0 Å². The molecule has 1 fully saturated rings. The van der Waals surface area contributed by atoms with Crippen LogP contribution in [0.2, 0.25) is 0 Å². The maximum absolute atomic E-state index is 12.6. The van der Waals surface area contributed by atoms with Gasteiger partial charge >= 0.3 is 5.69 Å². The van der Waals surface area contributed by atoms with Crippen LogP contribution in [0.3, 0.4) is 0 Å². The van der Waals surface area contributed by atoms with Crippen molar-refractivity contribution in [2.45, 2.75) is 19.5 Å². The Hall–Kier alpha value is -2.67. The number of hydrogen-bond acceptors (Lipinski definition) is 4. The fraction of sp³-hybridized carbons (Fsp3) is 0.389. The molecule has 1 amide bonds. The van der Waals surface area contributed by atoms with Crippen LogP contribution < -0.4 is 17.0 Å². The van der Waals surface area contributed by atoms with Crippen molar-refractivity contribution in [3.63, 3.8) is 0 Å². The van der Waals surface area contributed by atoms with Crippen LogP contribution in [0.5, 0.6) is 0 Å². The number of nitrogens with zero attached hydrogens (tertiary/aromatic N) is 3. The average Bonchev–Trinajstić information content (AvgIpc) is 3.11. The Bertz CT molecular complexity index is 857. The minimum absolute atomic E-state index is 0.215. The van der Waals surface area contributed by atoms with Crippen molar-refractivity contribution in [1.82, 2.24) is 14.0 Å². The van der Waals surface area contributed by atoms with Crippen LogP contribution in [-0.4, -0.2) is 39.6 Å². The quantitative estimate of drug-likeness (QED) is 0.819. The van der Waals surface area contributed by atoms with Gasteiger partial charge in [0.25, 0.3) is 5.56 Å². The fourth-order valence-electron chi connectivity index (χ4n) is 3.09. The summed E-state index contributed by atoms with van der Waals surface area (Å²) >= 11 is 0. The molecule has 0 radical (unpaired) electrons. The molecule has 1 aromatic heterocycles. The van der Waals surface area contributed by atoms with Crippen LogP contribution in [0.25, 0.3) is 0 Å². The van der Waals surface area contributed by atoms with Gasteiger partial charge < -0.3 is 10.6 Å². The molecule has 1 atom stereocenters. The number of aromatic nitrogens is 2. The van der Waals surface area contributed by atoms with Crippen molar-refractivity contribution in [3.8, 4) is 0 Å². The van der Waals surface area contributed by atoms with Crippen LogP contribution in [0.15, 0.2) is 52.2 Å². The van der Waals surface area contributed by atoms with E-state index in [4.69, 9.17) is 5.73 Å². The first-order valence-corrected chi connectivity index (χ1v) is 8.40. The zero-order valence-corrected chi connectivity index (χ0v) is 14.0. The first-order chi connectivity index (χ1) is 12.1. The van der Waals surface area contributed by atoms with Gasteiger partial charge in [-0.15, -0.1) is 0 Å². The molecule has 1 aliphatic heterocycles. The van der Waals surface area contributed by atoms with Crippen LogP contribution in [0.1, 0.15) is 12.0 Å². The summed E-state index contributed by atoms with van der Waals surface area (Å²) in [4.78, 5) is 38.8. The number of carbonyl (C=O) groups excluding carboxylic acids is 1. The third kappa shape index (κ3) is 3.88. The molecular formula is C18H22N4O3. The van der Waals surface area contributed by atoms with Crippen LogP contribution in [-0.2, 0) is 17.9 Å². The molecule has 1 unspecified atom stereocenters. The zero-order valence-electron chi connectivity index (χ0n) is 14.0. The van der Waals surface area contributed by atoms with Gasteiger partial charge in [0.15, 0.2) is 0 Å². The van der Waals surface area contributed by atoms with Gasteiger partial charge in [-0.1, -0.05) is 30.3 Å². The largest absolute Gasteiger partial charge is 0.341 e. The van der Waals surface area contributed by atoms with Crippen molar-refractivity contribution >= 4 is 5.91 Å². The Morgan fingerprint density at radius 2 is 1.92 bits per heavy atom. The third-order valence-corrected chi connectivity index (χ3v) is 4.60. The van der Waals surface area contributed by atoms with E-state index in [0.29, 0.717) is 32.1 Å². The first kappa shape index (κ1) is 17.2. The summed E-state index contributed by atoms with van der Waals surface area (Å²) < 4.78 is 2.44. The maximum Gasteiger partial charge on any atom is 0.331 e. The molecule has 0 saturated carbocycles. The Morgan fingerprint density at radius 3 is 2.60 bits per heavy atom. The summed E-state index contributed by atoms with van der Waals surface area (Å²) in [7, 11) is 0. The standard InChI is InChI=1S/C18H22N4O3/c19-10-15-6-8-20(12-15)17(24)13-22-16(23)7-9-21(18(22)25)11-14-4-2-1-3-5-14/h1-5,7,9,15H,6,8,10-13,19H2. The van der Waals surface area contributed by atoms with E-state index in [9.17, 15) is 14.4 Å². The van der Waals surface area contributed by atoms with Gasteiger partial charge in [-0.25, -0.2) is 4.79 Å². The summed E-state index contributed by atoms with van der Waals surface area (Å²) in [5.41, 5.74) is 5.66. The number of likely N-dealkylation sites (tertiary alicyclic amines) is 1. The van der Waals surface area contributed by atoms with Crippen LogP contribution >= 0.6 is 0 Å². The number of amides is 1. The van der Waals surface area contributed by atoms with E-state index in [-0.39, 0.29) is 12.5 Å². The lowest BCUT2D eigenvalue weighted by molar-refractivity contribution is -0.131. The highest BCUT2D eigenvalue weighted by molar-refractivity contribution is 5.76. The maximum atomic E-state index is 12.6. The summed E-state index contributed by atoms with van der Waals surface area (Å²) in [5, 5.41) is 0. The van der Waals surface area contributed by atoms with Gasteiger partial charge in [-0.3, -0.25) is 18.7 Å². The summed E-state index contributed by atoms with van der Waals surface area (Å²) in [5.74, 6) is 0.0822. The average molecular weight is 342 g/mol. The molecule has 0 spiro atoms. The number of hydrogen-bond donors (Lipinski definition) is 1. The fourth-order valence-corrected chi connectivity index (χ4v) is 3.09. The molecule has 1 aliphatic rings. The number of rotatable bonds is 5. The summed E-state index contributed by atoms with van der Waals surface area (Å²) in [6.45, 7) is 1.88. The van der Waals surface area contributed by atoms with Gasteiger partial charge in [-0.05, 0) is 24.4 Å². The zero-order chi connectivity index (χ0) is 17.8. The van der Waals surface area contributed by atoms with Crippen molar-refractivity contribution < 1.29 is 4.79 Å². The molecule has 7 heteroatoms. The third-order valence-electron chi connectivity index (χ3n) is 4.60. The Morgan fingerprint density at radius 1 is 1.16 bits per heavy atom. The predicted molar refractivity (Wildman–Crippen MR) is 94.2 cm³/mol. The highest BCUT2D eigenvalue weighted by atomic mass is 16.2. The van der Waals surface area contributed by atoms with Crippen LogP contribution in [0, 0.1) is 5.92 Å². The highest BCUT2D eigenvalue weighted by Crippen LogP contribution is 2.14. The predicted octanol–water partition coefficient (Wildman–Crippen LogP) is -0.134. The molecule has 2 N–H and O–H groups in total. The Balaban J connectivity index is 1.79. The molecule has 3 rings (SSSR count). The number of nitrogens with two attached hydrogens (primary N) is 1. The molecule has 0 bridgehead atoms. The van der Waals surface area contributed by atoms with E-state index in [1.54, 1.807) is 4.90 Å². The second kappa shape index (κ2) is 7.48. The van der Waals surface area contributed by atoms with Crippen molar-refractivity contribution in [2.24, 2.45) is 11.7 Å². The summed E-state index contributed by atoms with van der Waals surface area (Å²) in [6, 6.07) is 10.8. The minimum Gasteiger partial charge on any atom is -0.341 e. The smallest absolute Gasteiger partial charge is 0.331 e. The van der Waals surface area contributed by atoms with Gasteiger partial charge in [0.05, 0.1) is 6.54 Å². The van der Waals surface area contributed by atoms with Gasteiger partial charge in [0.2, 0.25) is 5.91 Å². The second-order valence-corrected chi connectivity index (χ2v) is 6.37. The van der Waals surface area contributed by atoms with E-state index in [0.717, 1.165) is 16.6 Å². The lowest BCUT2D eigenvalue weighted by Crippen LogP contribution is -2.44. The SMILES string of the molecule is NCC1CCN(C(=O)Cn2c(=O)ccn(Cc3ccccc3)c2=O)C1. The van der Waals surface area contributed by atoms with E-state index in [1.165, 1.54) is 16.8 Å². The highest BCUT2D eigenvalue weighted by Gasteiger charge is 2.25. The lowest BCUT2D eigenvalue weighted by atomic mass is 10.1. The van der Waals surface area contributed by atoms with Crippen molar-refractivity contribution in [1.29, 1.82) is 0 Å². The molecular weight excluding hydrogens is 320 g/mol. The van der Waals surface area contributed by atoms with Crippen LogP contribution in [0.4, 0.5) is 0 Å². The normalized spacial score (nSPS) is 17.0. The van der Waals surface area contributed by atoms with Crippen molar-refractivity contribution in [2.75, 3.05) is 19.6 Å². The van der Waals surface area contributed by atoms with E-state index >= 15 is 0 Å². The van der Waals surface area contributed by atoms with E-state index in [1.807, 2.05) is 30.3 Å². The lowest BCUT2D eigenvalue weighted by Gasteiger charge is -2.17. The monoisotopic (exact) mass is 342 g/mol. The molecule has 132 valence electrons. The molecule has 0 aliphatic carbocycles. The molecule has 7 nitrogen and oxygen atoms in total. The van der Waals surface area contributed by atoms with Gasteiger partial charge in [0.1, 0.15) is 6.54 Å². The molecule has 1 aromatic carbocycles. The van der Waals surface area contributed by atoms with Gasteiger partial charge in [0, 0.05) is 25.4 Å². The Kier molecular flexibility index (Phi) is 5.14. The summed E-state index contributed by atoms with van der Waals surface area (Å²) in [6.07, 6.45) is 2.34. The first-order valence-electron chi connectivity index (χ1n) is 8.40. The number of carbonyl (C=O) groups is 1. The Labute approximate surface area is 145 Å². The molecule has 1 saturated heterocycles. The van der Waals surface area contributed by atoms with Gasteiger partial charge in [-0.2, -0.15) is 0 Å². The molecule has 2 heterocycles. The van der Waals surface area contributed by atoms with Crippen molar-refractivity contribution in [3.05, 3.63) is 69.0 Å². The molecule has 2 aromatic rings. The van der Waals surface area contributed by atoms with E-state index < -0.39 is 11.2 Å².